The van der Waals surface area contributed by atoms with Crippen LogP contribution in [0.1, 0.15) is 26.7 Å². The van der Waals surface area contributed by atoms with Gasteiger partial charge >= 0.3 is 0 Å². The zero-order chi connectivity index (χ0) is 17.0. The van der Waals surface area contributed by atoms with Crippen LogP contribution < -0.4 is 0 Å². The Morgan fingerprint density at radius 1 is 0.913 bits per heavy atom. The molecule has 0 aromatic heterocycles. The number of aliphatic hydroxyl groups excluding tert-OH is 2. The van der Waals surface area contributed by atoms with E-state index in [2.05, 4.69) is 0 Å². The molecule has 2 N–H and O–H groups in total. The van der Waals surface area contributed by atoms with Gasteiger partial charge in [-0.15, -0.1) is 0 Å². The molecule has 4 nitrogen and oxygen atoms in total. The van der Waals surface area contributed by atoms with Crippen molar-refractivity contribution in [3.05, 3.63) is 44.9 Å². The monoisotopic (exact) mass is 360 g/mol. The minimum Gasteiger partial charge on any atom is -0.491 e. The molecule has 0 aliphatic heterocycles. The van der Waals surface area contributed by atoms with Crippen molar-refractivity contribution in [2.75, 3.05) is 26.4 Å². The molecular weight excluding hydrogens is 339 g/mol. The molecule has 2 rings (SSSR count). The summed E-state index contributed by atoms with van der Waals surface area (Å²) in [6.45, 7) is 4.35. The second kappa shape index (κ2) is 7.75. The average Bonchev–Trinajstić information content (AvgIpc) is 3.06. The van der Waals surface area contributed by atoms with Crippen LogP contribution in [-0.2, 0) is 9.47 Å². The summed E-state index contributed by atoms with van der Waals surface area (Å²) in [4.78, 5) is 0. The molecule has 0 radical (unpaired) electrons. The van der Waals surface area contributed by atoms with Gasteiger partial charge in [0.1, 0.15) is 24.7 Å². The van der Waals surface area contributed by atoms with E-state index in [1.807, 2.05) is 26.0 Å². The first-order valence-electron chi connectivity index (χ1n) is 7.60. The zero-order valence-electron chi connectivity index (χ0n) is 13.4. The summed E-state index contributed by atoms with van der Waals surface area (Å²) in [6, 6.07) is 0. The topological polar surface area (TPSA) is 58.9 Å². The number of aliphatic hydroxyl groups is 2. The van der Waals surface area contributed by atoms with E-state index in [0.717, 1.165) is 11.1 Å². The van der Waals surface area contributed by atoms with Crippen LogP contribution in [0.3, 0.4) is 0 Å². The van der Waals surface area contributed by atoms with Crippen molar-refractivity contribution in [2.24, 2.45) is 5.41 Å². The third kappa shape index (κ3) is 3.77. The molecule has 6 heteroatoms. The molecule has 0 fully saturated rings. The van der Waals surface area contributed by atoms with Crippen molar-refractivity contribution in [2.45, 2.75) is 26.7 Å². The lowest BCUT2D eigenvalue weighted by atomic mass is 9.76. The minimum absolute atomic E-state index is 0.0586. The third-order valence-corrected chi connectivity index (χ3v) is 4.60. The third-order valence-electron chi connectivity index (χ3n) is 3.92. The van der Waals surface area contributed by atoms with Crippen LogP contribution in [0.25, 0.3) is 0 Å². The maximum atomic E-state index is 8.99. The van der Waals surface area contributed by atoms with Gasteiger partial charge in [0, 0.05) is 39.5 Å². The summed E-state index contributed by atoms with van der Waals surface area (Å²) in [5, 5.41) is 19.4. The molecule has 0 amide bonds. The molecule has 0 saturated carbocycles. The number of ether oxygens (including phenoxy) is 2. The molecule has 2 aliphatic carbocycles. The van der Waals surface area contributed by atoms with E-state index in [-0.39, 0.29) is 26.4 Å². The van der Waals surface area contributed by atoms with Crippen LogP contribution in [0.2, 0.25) is 0 Å². The van der Waals surface area contributed by atoms with E-state index in [4.69, 9.17) is 42.9 Å². The van der Waals surface area contributed by atoms with Crippen molar-refractivity contribution < 1.29 is 19.7 Å². The van der Waals surface area contributed by atoms with Crippen molar-refractivity contribution in [3.63, 3.8) is 0 Å². The van der Waals surface area contributed by atoms with Gasteiger partial charge in [-0.05, 0) is 12.2 Å². The Kier molecular flexibility index (Phi) is 6.20. The number of allylic oxidation sites excluding steroid dienone is 6. The molecule has 0 saturated heterocycles. The highest BCUT2D eigenvalue weighted by atomic mass is 35.5. The maximum absolute atomic E-state index is 8.99. The predicted octanol–water partition coefficient (Wildman–Crippen LogP) is 3.59. The van der Waals surface area contributed by atoms with Crippen molar-refractivity contribution in [1.29, 1.82) is 0 Å². The van der Waals surface area contributed by atoms with Crippen LogP contribution in [0.5, 0.6) is 0 Å². The van der Waals surface area contributed by atoms with E-state index in [9.17, 15) is 0 Å². The van der Waals surface area contributed by atoms with E-state index in [0.29, 0.717) is 34.4 Å². The summed E-state index contributed by atoms with van der Waals surface area (Å²) in [5.41, 5.74) is 1.21. The molecule has 0 spiro atoms. The van der Waals surface area contributed by atoms with E-state index >= 15 is 0 Å². The Labute approximate surface area is 146 Å². The normalized spacial score (nSPS) is 18.5. The number of halogens is 2. The van der Waals surface area contributed by atoms with E-state index in [1.165, 1.54) is 0 Å². The van der Waals surface area contributed by atoms with Gasteiger partial charge in [-0.2, -0.15) is 0 Å². The van der Waals surface area contributed by atoms with Crippen molar-refractivity contribution in [3.8, 4) is 0 Å². The fourth-order valence-electron chi connectivity index (χ4n) is 3.03. The van der Waals surface area contributed by atoms with E-state index in [1.54, 1.807) is 0 Å². The molecular formula is C17H22Cl2O4. The fourth-order valence-corrected chi connectivity index (χ4v) is 3.85. The largest absolute Gasteiger partial charge is 0.491 e. The quantitative estimate of drug-likeness (QED) is 0.694. The van der Waals surface area contributed by atoms with Gasteiger partial charge in [-0.3, -0.25) is 0 Å². The Hall–Kier alpha value is -0.940. The van der Waals surface area contributed by atoms with Crippen molar-refractivity contribution in [1.82, 2.24) is 0 Å². The van der Waals surface area contributed by atoms with Gasteiger partial charge in [0.25, 0.3) is 0 Å². The summed E-state index contributed by atoms with van der Waals surface area (Å²) in [7, 11) is 0. The summed E-state index contributed by atoms with van der Waals surface area (Å²) in [6.07, 6.45) is 5.03. The minimum atomic E-state index is -0.510. The van der Waals surface area contributed by atoms with Crippen LogP contribution in [0.4, 0.5) is 0 Å². The summed E-state index contributed by atoms with van der Waals surface area (Å²) in [5.74, 6) is 1.36. The first-order chi connectivity index (χ1) is 10.9. The van der Waals surface area contributed by atoms with Crippen LogP contribution >= 0.6 is 23.2 Å². The maximum Gasteiger partial charge on any atom is 0.121 e. The zero-order valence-corrected chi connectivity index (χ0v) is 14.9. The van der Waals surface area contributed by atoms with Crippen LogP contribution in [-0.4, -0.2) is 36.6 Å². The Bertz CT molecular complexity index is 535. The number of hydrogen-bond acceptors (Lipinski definition) is 4. The SMILES string of the molecule is CC(C)(C1=C(Cl)CC=C1OCCO)C1=C(Cl)CC=C1OCCO. The second-order valence-electron chi connectivity index (χ2n) is 5.87. The molecule has 0 bridgehead atoms. The highest BCUT2D eigenvalue weighted by Crippen LogP contribution is 2.51. The highest BCUT2D eigenvalue weighted by molar-refractivity contribution is 6.31. The second-order valence-corrected chi connectivity index (χ2v) is 6.79. The number of hydrogen-bond donors (Lipinski definition) is 2. The van der Waals surface area contributed by atoms with Crippen molar-refractivity contribution >= 4 is 23.2 Å². The van der Waals surface area contributed by atoms with Gasteiger partial charge < -0.3 is 19.7 Å². The number of rotatable bonds is 8. The van der Waals surface area contributed by atoms with Gasteiger partial charge in [-0.1, -0.05) is 37.0 Å². The first kappa shape index (κ1) is 18.4. The molecule has 128 valence electrons. The lowest BCUT2D eigenvalue weighted by molar-refractivity contribution is 0.140. The van der Waals surface area contributed by atoms with Crippen LogP contribution in [0.15, 0.2) is 44.9 Å². The molecule has 0 heterocycles. The van der Waals surface area contributed by atoms with Gasteiger partial charge in [0.15, 0.2) is 0 Å². The molecule has 23 heavy (non-hydrogen) atoms. The molecule has 0 aromatic rings. The van der Waals surface area contributed by atoms with E-state index < -0.39 is 5.41 Å². The molecule has 0 unspecified atom stereocenters. The summed E-state index contributed by atoms with van der Waals surface area (Å²) >= 11 is 12.9. The Morgan fingerprint density at radius 2 is 1.30 bits per heavy atom. The predicted molar refractivity (Wildman–Crippen MR) is 91.0 cm³/mol. The standard InChI is InChI=1S/C17H22Cl2O4/c1-17(2,15-11(18)3-5-13(15)22-9-7-20)16-12(19)4-6-14(16)23-10-8-21/h5-6,20-21H,3-4,7-10H2,1-2H3. The Morgan fingerprint density at radius 3 is 1.65 bits per heavy atom. The first-order valence-corrected chi connectivity index (χ1v) is 8.35. The molecule has 0 atom stereocenters. The lowest BCUT2D eigenvalue weighted by Crippen LogP contribution is -2.23. The average molecular weight is 361 g/mol. The highest BCUT2D eigenvalue weighted by Gasteiger charge is 2.40. The molecule has 0 aromatic carbocycles. The van der Waals surface area contributed by atoms with Gasteiger partial charge in [0.05, 0.1) is 13.2 Å². The molecule has 2 aliphatic rings. The lowest BCUT2D eigenvalue weighted by Gasteiger charge is -2.32. The Balaban J connectivity index is 2.33. The fraction of sp³-hybridized carbons (Fsp3) is 0.529. The smallest absolute Gasteiger partial charge is 0.121 e. The van der Waals surface area contributed by atoms with Crippen LogP contribution in [0, 0.1) is 5.41 Å². The summed E-state index contributed by atoms with van der Waals surface area (Å²) < 4.78 is 11.3. The van der Waals surface area contributed by atoms with Gasteiger partial charge in [-0.25, -0.2) is 0 Å². The van der Waals surface area contributed by atoms with Gasteiger partial charge in [0.2, 0.25) is 0 Å².